The normalized spacial score (nSPS) is 27.5. The van der Waals surface area contributed by atoms with Gasteiger partial charge in [-0.15, -0.1) is 0 Å². The highest BCUT2D eigenvalue weighted by Gasteiger charge is 2.41. The number of hydrogen-bond acceptors (Lipinski definition) is 1. The molecule has 1 aromatic rings. The number of Topliss-reactive ketones (excluding diaryl/α,β-unsaturated/α-hetero) is 1. The first-order chi connectivity index (χ1) is 10.00. The van der Waals surface area contributed by atoms with Gasteiger partial charge in [-0.2, -0.15) is 0 Å². The Bertz CT molecular complexity index is 524. The molecule has 0 radical (unpaired) electrons. The molecule has 2 atom stereocenters. The standard InChI is InChI=1S/C20H28O/c1-14-11-12-18(19(21)13-14)20(2,3)17-10-5-4-9-16(17)15-7-6-8-15/h4-5,9-10,14-15,18H,6-8,11-13H2,1-3H3. The molecule has 1 nitrogen and oxygen atoms in total. The van der Waals surface area contributed by atoms with E-state index >= 15 is 0 Å². The highest BCUT2D eigenvalue weighted by Crippen LogP contribution is 2.46. The van der Waals surface area contributed by atoms with Crippen molar-refractivity contribution < 1.29 is 4.79 Å². The first kappa shape index (κ1) is 14.8. The molecule has 0 saturated heterocycles. The molecule has 0 heterocycles. The lowest BCUT2D eigenvalue weighted by Gasteiger charge is -2.41. The van der Waals surface area contributed by atoms with Gasteiger partial charge in [-0.25, -0.2) is 0 Å². The molecule has 0 bridgehead atoms. The summed E-state index contributed by atoms with van der Waals surface area (Å²) in [4.78, 5) is 12.6. The average Bonchev–Trinajstić information content (AvgIpc) is 2.36. The fourth-order valence-corrected chi connectivity index (χ4v) is 4.31. The van der Waals surface area contributed by atoms with E-state index in [0.717, 1.165) is 18.8 Å². The molecule has 0 spiro atoms. The zero-order chi connectivity index (χ0) is 15.0. The summed E-state index contributed by atoms with van der Waals surface area (Å²) in [5.74, 6) is 2.00. The van der Waals surface area contributed by atoms with E-state index in [1.54, 1.807) is 0 Å². The fraction of sp³-hybridized carbons (Fsp3) is 0.650. The molecule has 114 valence electrons. The Morgan fingerprint density at radius 3 is 2.38 bits per heavy atom. The molecule has 0 aliphatic heterocycles. The molecule has 2 unspecified atom stereocenters. The Morgan fingerprint density at radius 2 is 1.76 bits per heavy atom. The summed E-state index contributed by atoms with van der Waals surface area (Å²) < 4.78 is 0. The van der Waals surface area contributed by atoms with Crippen LogP contribution in [-0.4, -0.2) is 5.78 Å². The van der Waals surface area contributed by atoms with Crippen molar-refractivity contribution in [3.05, 3.63) is 35.4 Å². The van der Waals surface area contributed by atoms with Crippen LogP contribution in [0, 0.1) is 11.8 Å². The van der Waals surface area contributed by atoms with Crippen LogP contribution in [0.3, 0.4) is 0 Å². The van der Waals surface area contributed by atoms with E-state index < -0.39 is 0 Å². The lowest BCUT2D eigenvalue weighted by molar-refractivity contribution is -0.128. The highest BCUT2D eigenvalue weighted by molar-refractivity contribution is 5.83. The summed E-state index contributed by atoms with van der Waals surface area (Å²) >= 11 is 0. The van der Waals surface area contributed by atoms with Crippen LogP contribution in [0.2, 0.25) is 0 Å². The van der Waals surface area contributed by atoms with E-state index in [-0.39, 0.29) is 11.3 Å². The van der Waals surface area contributed by atoms with Crippen molar-refractivity contribution in [1.29, 1.82) is 0 Å². The number of ketones is 1. The molecule has 2 fully saturated rings. The van der Waals surface area contributed by atoms with Gasteiger partial charge in [0.15, 0.2) is 0 Å². The van der Waals surface area contributed by atoms with E-state index in [4.69, 9.17) is 0 Å². The van der Waals surface area contributed by atoms with Crippen molar-refractivity contribution in [3.63, 3.8) is 0 Å². The molecule has 2 saturated carbocycles. The summed E-state index contributed by atoms with van der Waals surface area (Å²) in [6.07, 6.45) is 7.04. The van der Waals surface area contributed by atoms with Crippen molar-refractivity contribution in [2.24, 2.45) is 11.8 Å². The molecular weight excluding hydrogens is 256 g/mol. The van der Waals surface area contributed by atoms with E-state index in [9.17, 15) is 4.79 Å². The predicted molar refractivity (Wildman–Crippen MR) is 87.6 cm³/mol. The summed E-state index contributed by atoms with van der Waals surface area (Å²) in [6.45, 7) is 6.80. The van der Waals surface area contributed by atoms with Crippen molar-refractivity contribution in [2.45, 2.75) is 70.6 Å². The van der Waals surface area contributed by atoms with Gasteiger partial charge in [0.25, 0.3) is 0 Å². The molecular formula is C20H28O. The second-order valence-electron chi connectivity index (χ2n) is 7.84. The van der Waals surface area contributed by atoms with Gasteiger partial charge in [-0.1, -0.05) is 51.5 Å². The van der Waals surface area contributed by atoms with Gasteiger partial charge < -0.3 is 0 Å². The van der Waals surface area contributed by atoms with Gasteiger partial charge in [0.2, 0.25) is 0 Å². The number of benzene rings is 1. The quantitative estimate of drug-likeness (QED) is 0.742. The van der Waals surface area contributed by atoms with E-state index in [2.05, 4.69) is 45.0 Å². The second kappa shape index (κ2) is 5.59. The van der Waals surface area contributed by atoms with Gasteiger partial charge in [0.1, 0.15) is 5.78 Å². The largest absolute Gasteiger partial charge is 0.299 e. The number of carbonyl (C=O) groups excluding carboxylic acids is 1. The van der Waals surface area contributed by atoms with Crippen LogP contribution in [0.1, 0.15) is 76.3 Å². The monoisotopic (exact) mass is 284 g/mol. The minimum Gasteiger partial charge on any atom is -0.299 e. The first-order valence-electron chi connectivity index (χ1n) is 8.62. The third kappa shape index (κ3) is 2.67. The van der Waals surface area contributed by atoms with Gasteiger partial charge in [0, 0.05) is 12.3 Å². The number of hydrogen-bond donors (Lipinski definition) is 0. The van der Waals surface area contributed by atoms with E-state index in [1.807, 2.05) is 0 Å². The van der Waals surface area contributed by atoms with Crippen molar-refractivity contribution in [1.82, 2.24) is 0 Å². The maximum absolute atomic E-state index is 12.6. The van der Waals surface area contributed by atoms with Crippen molar-refractivity contribution in [3.8, 4) is 0 Å². The molecule has 0 aromatic heterocycles. The fourth-order valence-electron chi connectivity index (χ4n) is 4.31. The molecule has 2 aliphatic carbocycles. The smallest absolute Gasteiger partial charge is 0.137 e. The molecule has 2 aliphatic rings. The van der Waals surface area contributed by atoms with Gasteiger partial charge >= 0.3 is 0 Å². The summed E-state index contributed by atoms with van der Waals surface area (Å²) in [6, 6.07) is 8.89. The number of rotatable bonds is 3. The predicted octanol–water partition coefficient (Wildman–Crippen LogP) is 5.24. The third-order valence-electron chi connectivity index (χ3n) is 5.96. The first-order valence-corrected chi connectivity index (χ1v) is 8.62. The van der Waals surface area contributed by atoms with Crippen LogP contribution in [-0.2, 0) is 10.2 Å². The summed E-state index contributed by atoms with van der Waals surface area (Å²) in [7, 11) is 0. The minimum atomic E-state index is -0.0244. The van der Waals surface area contributed by atoms with Crippen LogP contribution in [0.25, 0.3) is 0 Å². The number of carbonyl (C=O) groups is 1. The topological polar surface area (TPSA) is 17.1 Å². The highest BCUT2D eigenvalue weighted by atomic mass is 16.1. The van der Waals surface area contributed by atoms with E-state index in [1.165, 1.54) is 36.8 Å². The summed E-state index contributed by atoms with van der Waals surface area (Å²) in [5, 5.41) is 0. The van der Waals surface area contributed by atoms with Crippen molar-refractivity contribution >= 4 is 5.78 Å². The van der Waals surface area contributed by atoms with Crippen molar-refractivity contribution in [2.75, 3.05) is 0 Å². The van der Waals surface area contributed by atoms with Gasteiger partial charge in [-0.05, 0) is 54.1 Å². The molecule has 3 rings (SSSR count). The zero-order valence-electron chi connectivity index (χ0n) is 13.7. The molecule has 0 amide bonds. The maximum atomic E-state index is 12.6. The maximum Gasteiger partial charge on any atom is 0.137 e. The SMILES string of the molecule is CC1CCC(C(C)(C)c2ccccc2C2CCC2)C(=O)C1. The van der Waals surface area contributed by atoms with Gasteiger partial charge in [-0.3, -0.25) is 4.79 Å². The Balaban J connectivity index is 1.92. The summed E-state index contributed by atoms with van der Waals surface area (Å²) in [5.41, 5.74) is 2.92. The van der Waals surface area contributed by atoms with Crippen LogP contribution in [0.4, 0.5) is 0 Å². The second-order valence-corrected chi connectivity index (χ2v) is 7.84. The third-order valence-corrected chi connectivity index (χ3v) is 5.96. The Kier molecular flexibility index (Phi) is 3.94. The average molecular weight is 284 g/mol. The Morgan fingerprint density at radius 1 is 1.05 bits per heavy atom. The van der Waals surface area contributed by atoms with Crippen LogP contribution in [0.15, 0.2) is 24.3 Å². The zero-order valence-corrected chi connectivity index (χ0v) is 13.7. The Hall–Kier alpha value is -1.11. The Labute approximate surface area is 129 Å². The lowest BCUT2D eigenvalue weighted by Crippen LogP contribution is -2.39. The van der Waals surface area contributed by atoms with Crippen LogP contribution >= 0.6 is 0 Å². The minimum absolute atomic E-state index is 0.0244. The van der Waals surface area contributed by atoms with Crippen LogP contribution in [0.5, 0.6) is 0 Å². The molecule has 0 N–H and O–H groups in total. The van der Waals surface area contributed by atoms with Crippen LogP contribution < -0.4 is 0 Å². The molecule has 1 aromatic carbocycles. The lowest BCUT2D eigenvalue weighted by atomic mass is 9.62. The molecule has 1 heteroatoms. The molecule has 21 heavy (non-hydrogen) atoms. The van der Waals surface area contributed by atoms with Gasteiger partial charge in [0.05, 0.1) is 0 Å². The van der Waals surface area contributed by atoms with E-state index in [0.29, 0.717) is 11.7 Å².